The molecule has 2 atom stereocenters. The van der Waals surface area contributed by atoms with Crippen LogP contribution in [0.1, 0.15) is 57.3 Å². The molecule has 0 radical (unpaired) electrons. The Morgan fingerprint density at radius 1 is 1.11 bits per heavy atom. The Morgan fingerprint density at radius 2 is 1.80 bits per heavy atom. The third-order valence-electron chi connectivity index (χ3n) is 8.30. The normalized spacial score (nSPS) is 19.2. The number of ether oxygens (including phenoxy) is 1. The number of hydrogen-bond acceptors (Lipinski definition) is 7. The maximum atomic E-state index is 14.9. The Morgan fingerprint density at radius 3 is 2.39 bits per heavy atom. The zero-order valence-corrected chi connectivity index (χ0v) is 24.9. The minimum atomic E-state index is -4.74. The van der Waals surface area contributed by atoms with Crippen LogP contribution in [0.25, 0.3) is 0 Å². The number of nitrogens with one attached hydrogen (secondary N) is 1. The predicted octanol–water partition coefficient (Wildman–Crippen LogP) is 4.26. The van der Waals surface area contributed by atoms with Crippen LogP contribution >= 0.6 is 0 Å². The number of halogens is 3. The van der Waals surface area contributed by atoms with Crippen molar-refractivity contribution in [1.29, 1.82) is 5.41 Å². The highest BCUT2D eigenvalue weighted by atomic mass is 19.4. The highest BCUT2D eigenvalue weighted by molar-refractivity contribution is 5.98. The number of nitrogens with zero attached hydrogens (tertiary/aromatic N) is 5. The van der Waals surface area contributed by atoms with Gasteiger partial charge in [-0.1, -0.05) is 24.3 Å². The van der Waals surface area contributed by atoms with Crippen LogP contribution in [0.3, 0.4) is 0 Å². The van der Waals surface area contributed by atoms with Crippen molar-refractivity contribution < 1.29 is 31.9 Å². The number of nitrogen functional groups attached to an aromatic ring is 1. The van der Waals surface area contributed by atoms with Gasteiger partial charge in [-0.3, -0.25) is 10.2 Å². The first-order valence-electron chi connectivity index (χ1n) is 14.4. The molecule has 2 aromatic heterocycles. The number of nitrogens with two attached hydrogens (primary N) is 1. The number of amides is 2. The number of morpholine rings is 1. The summed E-state index contributed by atoms with van der Waals surface area (Å²) in [4.78, 5) is 31.3. The number of amidine groups is 1. The summed E-state index contributed by atoms with van der Waals surface area (Å²) in [6, 6.07) is 5.71. The van der Waals surface area contributed by atoms with Crippen LogP contribution in [0.4, 0.5) is 23.8 Å². The van der Waals surface area contributed by atoms with Crippen LogP contribution < -0.4 is 10.6 Å². The molecule has 2 aliphatic heterocycles. The van der Waals surface area contributed by atoms with Crippen molar-refractivity contribution in [2.24, 2.45) is 5.73 Å². The molecule has 2 amide bonds. The lowest BCUT2D eigenvalue weighted by molar-refractivity contribution is -0.189. The number of furan rings is 1. The molecule has 2 saturated heterocycles. The molecule has 0 spiro atoms. The monoisotopic (exact) mass is 615 g/mol. The third kappa shape index (κ3) is 6.03. The molecule has 14 heteroatoms. The number of carbonyl (C=O) groups is 2. The smallest absolute Gasteiger partial charge is 0.409 e. The van der Waals surface area contributed by atoms with Crippen LogP contribution in [-0.4, -0.2) is 89.5 Å². The lowest BCUT2D eigenvalue weighted by Gasteiger charge is -2.44. The number of benzene rings is 1. The van der Waals surface area contributed by atoms with Gasteiger partial charge in [-0.05, 0) is 38.3 Å². The first kappa shape index (κ1) is 31.1. The van der Waals surface area contributed by atoms with Crippen LogP contribution in [0.2, 0.25) is 0 Å². The van der Waals surface area contributed by atoms with E-state index in [4.69, 9.17) is 20.3 Å². The SMILES string of the molecule is Cc1occc1C(=O)n1nc(C2CCCN(C(=O)N3CCOCC3)C2C(F)(F)F)c(C)c1N(C)Cc1ccc(C(=N)N)cc1. The summed E-state index contributed by atoms with van der Waals surface area (Å²) in [7, 11) is 1.73. The van der Waals surface area contributed by atoms with E-state index in [1.807, 2.05) is 0 Å². The van der Waals surface area contributed by atoms with Crippen molar-refractivity contribution in [3.63, 3.8) is 0 Å². The van der Waals surface area contributed by atoms with E-state index in [1.54, 1.807) is 50.1 Å². The number of likely N-dealkylation sites (tertiary alicyclic amines) is 1. The van der Waals surface area contributed by atoms with Gasteiger partial charge in [0.2, 0.25) is 0 Å². The number of urea groups is 1. The fourth-order valence-electron chi connectivity index (χ4n) is 6.14. The van der Waals surface area contributed by atoms with Crippen molar-refractivity contribution in [1.82, 2.24) is 19.6 Å². The summed E-state index contributed by atoms with van der Waals surface area (Å²) >= 11 is 0. The Bertz CT molecular complexity index is 1530. The molecule has 4 heterocycles. The van der Waals surface area contributed by atoms with E-state index in [0.29, 0.717) is 29.1 Å². The minimum absolute atomic E-state index is 0.0349. The van der Waals surface area contributed by atoms with Gasteiger partial charge in [0, 0.05) is 50.3 Å². The van der Waals surface area contributed by atoms with Gasteiger partial charge in [-0.25, -0.2) is 4.79 Å². The van der Waals surface area contributed by atoms with Gasteiger partial charge in [-0.15, -0.1) is 0 Å². The molecule has 2 unspecified atom stereocenters. The number of rotatable bonds is 6. The van der Waals surface area contributed by atoms with Crippen molar-refractivity contribution in [3.05, 3.63) is 70.3 Å². The van der Waals surface area contributed by atoms with Crippen LogP contribution in [0.15, 0.2) is 41.0 Å². The molecule has 2 aliphatic rings. The fraction of sp³-hybridized carbons (Fsp3) is 0.467. The van der Waals surface area contributed by atoms with E-state index in [2.05, 4.69) is 5.10 Å². The van der Waals surface area contributed by atoms with Gasteiger partial charge in [0.1, 0.15) is 23.5 Å². The third-order valence-corrected chi connectivity index (χ3v) is 8.30. The summed E-state index contributed by atoms with van der Waals surface area (Å²) in [5.74, 6) is -1.11. The Hall–Kier alpha value is -4.33. The Kier molecular flexibility index (Phi) is 8.73. The number of aromatic nitrogens is 2. The minimum Gasteiger partial charge on any atom is -0.469 e. The number of piperidine rings is 1. The molecule has 11 nitrogen and oxygen atoms in total. The molecule has 3 aromatic rings. The van der Waals surface area contributed by atoms with E-state index in [9.17, 15) is 22.8 Å². The lowest BCUT2D eigenvalue weighted by Crippen LogP contribution is -2.59. The predicted molar refractivity (Wildman–Crippen MR) is 156 cm³/mol. The second-order valence-electron chi connectivity index (χ2n) is 11.2. The Balaban J connectivity index is 1.56. The number of alkyl halides is 3. The fourth-order valence-corrected chi connectivity index (χ4v) is 6.14. The van der Waals surface area contributed by atoms with Crippen LogP contribution in [0, 0.1) is 19.3 Å². The van der Waals surface area contributed by atoms with E-state index in [0.717, 1.165) is 15.1 Å². The van der Waals surface area contributed by atoms with Crippen molar-refractivity contribution >= 4 is 23.6 Å². The first-order chi connectivity index (χ1) is 20.9. The van der Waals surface area contributed by atoms with Gasteiger partial charge in [-0.2, -0.15) is 23.0 Å². The van der Waals surface area contributed by atoms with Gasteiger partial charge in [0.15, 0.2) is 0 Å². The molecule has 0 bridgehead atoms. The molecule has 2 fully saturated rings. The van der Waals surface area contributed by atoms with E-state index in [1.165, 1.54) is 17.2 Å². The lowest BCUT2D eigenvalue weighted by atomic mass is 9.84. The molecule has 1 aromatic carbocycles. The summed E-state index contributed by atoms with van der Waals surface area (Å²) in [6.07, 6.45) is -2.87. The Labute approximate surface area is 252 Å². The molecule has 44 heavy (non-hydrogen) atoms. The van der Waals surface area contributed by atoms with Gasteiger partial charge >= 0.3 is 12.2 Å². The average Bonchev–Trinajstić information content (AvgIpc) is 3.59. The second-order valence-corrected chi connectivity index (χ2v) is 11.2. The molecule has 236 valence electrons. The number of carbonyl (C=O) groups excluding carboxylic acids is 2. The number of aryl methyl sites for hydroxylation is 1. The molecular formula is C30H36F3N7O4. The van der Waals surface area contributed by atoms with E-state index in [-0.39, 0.29) is 62.9 Å². The summed E-state index contributed by atoms with van der Waals surface area (Å²) in [5, 5.41) is 12.2. The number of anilines is 1. The van der Waals surface area contributed by atoms with E-state index >= 15 is 0 Å². The number of hydrogen-bond donors (Lipinski definition) is 2. The average molecular weight is 616 g/mol. The maximum Gasteiger partial charge on any atom is 0.409 e. The van der Waals surface area contributed by atoms with Crippen LogP contribution in [-0.2, 0) is 11.3 Å². The van der Waals surface area contributed by atoms with Crippen molar-refractivity contribution in [2.75, 3.05) is 44.8 Å². The molecular weight excluding hydrogens is 579 g/mol. The van der Waals surface area contributed by atoms with Crippen molar-refractivity contribution in [3.8, 4) is 0 Å². The van der Waals surface area contributed by atoms with Crippen LogP contribution in [0.5, 0.6) is 0 Å². The molecule has 0 aliphatic carbocycles. The molecule has 0 saturated carbocycles. The second kappa shape index (κ2) is 12.3. The summed E-state index contributed by atoms with van der Waals surface area (Å²) in [5.41, 5.74) is 7.73. The van der Waals surface area contributed by atoms with Gasteiger partial charge in [0.25, 0.3) is 5.91 Å². The largest absolute Gasteiger partial charge is 0.469 e. The first-order valence-corrected chi connectivity index (χ1v) is 14.4. The van der Waals surface area contributed by atoms with Gasteiger partial charge < -0.3 is 29.6 Å². The zero-order chi connectivity index (χ0) is 31.8. The highest BCUT2D eigenvalue weighted by Gasteiger charge is 2.54. The zero-order valence-electron chi connectivity index (χ0n) is 24.9. The summed E-state index contributed by atoms with van der Waals surface area (Å²) < 4.78 is 56.4. The quantitative estimate of drug-likeness (QED) is 0.313. The van der Waals surface area contributed by atoms with Crippen molar-refractivity contribution in [2.45, 2.75) is 51.4 Å². The highest BCUT2D eigenvalue weighted by Crippen LogP contribution is 2.44. The topological polar surface area (TPSA) is 134 Å². The standard InChI is InChI=1S/C30H36F3N7O4/c1-18-24(23-5-4-11-39(25(23)30(31,32)33)29(42)38-12-15-43-16-13-38)36-40(28(41)22-10-14-44-19(22)2)27(18)37(3)17-20-6-8-21(9-7-20)26(34)35/h6-10,14,23,25H,4-5,11-13,15-17H2,1-3H3,(H3,34,35). The van der Waals surface area contributed by atoms with Gasteiger partial charge in [0.05, 0.1) is 30.7 Å². The summed E-state index contributed by atoms with van der Waals surface area (Å²) in [6.45, 7) is 4.52. The molecule has 5 rings (SSSR count). The maximum absolute atomic E-state index is 14.9. The molecule has 3 N–H and O–H groups in total. The van der Waals surface area contributed by atoms with E-state index < -0.39 is 30.1 Å².